The highest BCUT2D eigenvalue weighted by atomic mass is 16.6. The molecule has 0 bridgehead atoms. The topological polar surface area (TPSA) is 85.2 Å². The average molecular weight is 313 g/mol. The molecule has 0 rings (SSSR count). The Balaban J connectivity index is 4.68. The highest BCUT2D eigenvalue weighted by Gasteiger charge is 2.26. The highest BCUT2D eigenvalue weighted by molar-refractivity contribution is 5.93. The zero-order valence-electron chi connectivity index (χ0n) is 14.0. The standard InChI is InChI=1S/C16H27NO5/c1-7-8-9-11(2)21-12(3)13(14(18)19)10-17-15(20)22-16(4,5)6/h7,10-13H,1,8-9H2,2-6H3,(H,18,19)/t11-,12+,13?/m1/s1. The molecule has 1 unspecified atom stereocenters. The number of ether oxygens (including phenoxy) is 2. The molecule has 0 aliphatic carbocycles. The van der Waals surface area contributed by atoms with Crippen LogP contribution in [0.5, 0.6) is 0 Å². The maximum absolute atomic E-state index is 11.5. The molecule has 126 valence electrons. The Hall–Kier alpha value is -1.69. The lowest BCUT2D eigenvalue weighted by atomic mass is 10.1. The van der Waals surface area contributed by atoms with Gasteiger partial charge in [0.25, 0.3) is 0 Å². The van der Waals surface area contributed by atoms with Crippen molar-refractivity contribution in [1.29, 1.82) is 0 Å². The van der Waals surface area contributed by atoms with E-state index in [0.29, 0.717) is 0 Å². The van der Waals surface area contributed by atoms with E-state index in [2.05, 4.69) is 11.6 Å². The maximum atomic E-state index is 11.5. The van der Waals surface area contributed by atoms with E-state index in [0.717, 1.165) is 19.1 Å². The fourth-order valence-electron chi connectivity index (χ4n) is 1.69. The summed E-state index contributed by atoms with van der Waals surface area (Å²) in [7, 11) is 0. The van der Waals surface area contributed by atoms with Gasteiger partial charge in [0, 0.05) is 6.21 Å². The van der Waals surface area contributed by atoms with Crippen LogP contribution in [0.2, 0.25) is 0 Å². The minimum absolute atomic E-state index is 0.107. The lowest BCUT2D eigenvalue weighted by Gasteiger charge is -2.22. The summed E-state index contributed by atoms with van der Waals surface area (Å²) in [4.78, 5) is 26.4. The molecule has 0 radical (unpaired) electrons. The molecule has 0 saturated heterocycles. The van der Waals surface area contributed by atoms with Crippen molar-refractivity contribution in [3.63, 3.8) is 0 Å². The van der Waals surface area contributed by atoms with Crippen molar-refractivity contribution in [2.24, 2.45) is 10.9 Å². The predicted molar refractivity (Wildman–Crippen MR) is 85.3 cm³/mol. The normalized spacial score (nSPS) is 16.0. The summed E-state index contributed by atoms with van der Waals surface area (Å²) < 4.78 is 10.6. The summed E-state index contributed by atoms with van der Waals surface area (Å²) in [6, 6.07) is 0. The predicted octanol–water partition coefficient (Wildman–Crippen LogP) is 3.45. The summed E-state index contributed by atoms with van der Waals surface area (Å²) in [5, 5.41) is 9.24. The van der Waals surface area contributed by atoms with E-state index in [1.165, 1.54) is 0 Å². The van der Waals surface area contributed by atoms with Crippen LogP contribution in [0.15, 0.2) is 17.6 Å². The van der Waals surface area contributed by atoms with E-state index in [1.54, 1.807) is 33.8 Å². The summed E-state index contributed by atoms with van der Waals surface area (Å²) in [5.74, 6) is -2.12. The molecule has 0 aliphatic rings. The lowest BCUT2D eigenvalue weighted by Crippen LogP contribution is -2.32. The SMILES string of the molecule is C=CCC[C@@H](C)O[C@@H](C)C(C=NC(=O)OC(C)(C)C)C(=O)O. The molecule has 1 N–H and O–H groups in total. The molecule has 0 heterocycles. The zero-order chi connectivity index (χ0) is 17.3. The number of allylic oxidation sites excluding steroid dienone is 1. The second kappa shape index (κ2) is 9.35. The molecule has 0 aromatic carbocycles. The van der Waals surface area contributed by atoms with Crippen molar-refractivity contribution in [2.45, 2.75) is 65.3 Å². The minimum atomic E-state index is -1.10. The van der Waals surface area contributed by atoms with Crippen LogP contribution in [0.25, 0.3) is 0 Å². The first kappa shape index (κ1) is 20.3. The number of aliphatic carboxylic acids is 1. The van der Waals surface area contributed by atoms with Crippen LogP contribution in [0.4, 0.5) is 4.79 Å². The smallest absolute Gasteiger partial charge is 0.433 e. The third kappa shape index (κ3) is 9.28. The Morgan fingerprint density at radius 3 is 2.36 bits per heavy atom. The number of hydrogen-bond donors (Lipinski definition) is 1. The quantitative estimate of drug-likeness (QED) is 0.548. The van der Waals surface area contributed by atoms with Crippen LogP contribution < -0.4 is 0 Å². The summed E-state index contributed by atoms with van der Waals surface area (Å²) >= 11 is 0. The van der Waals surface area contributed by atoms with Crippen LogP contribution in [0, 0.1) is 5.92 Å². The number of carbonyl (C=O) groups excluding carboxylic acids is 1. The molecule has 0 aromatic heterocycles. The third-order valence-corrected chi connectivity index (χ3v) is 2.75. The van der Waals surface area contributed by atoms with Crippen LogP contribution in [0.3, 0.4) is 0 Å². The molecule has 22 heavy (non-hydrogen) atoms. The molecule has 0 saturated carbocycles. The molecule has 6 heteroatoms. The number of carbonyl (C=O) groups is 2. The summed E-state index contributed by atoms with van der Waals surface area (Å²) in [6.07, 6.45) is 2.87. The van der Waals surface area contributed by atoms with E-state index >= 15 is 0 Å². The van der Waals surface area contributed by atoms with Crippen molar-refractivity contribution >= 4 is 18.3 Å². The van der Waals surface area contributed by atoms with E-state index in [4.69, 9.17) is 9.47 Å². The van der Waals surface area contributed by atoms with Crippen molar-refractivity contribution in [3.8, 4) is 0 Å². The fourth-order valence-corrected chi connectivity index (χ4v) is 1.69. The van der Waals surface area contributed by atoms with Gasteiger partial charge in [0.1, 0.15) is 11.5 Å². The Morgan fingerprint density at radius 2 is 1.91 bits per heavy atom. The summed E-state index contributed by atoms with van der Waals surface area (Å²) in [5.41, 5.74) is -0.672. The lowest BCUT2D eigenvalue weighted by molar-refractivity contribution is -0.144. The molecular formula is C16H27NO5. The Bertz CT molecular complexity index is 411. The first-order chi connectivity index (χ1) is 10.1. The third-order valence-electron chi connectivity index (χ3n) is 2.75. The van der Waals surface area contributed by atoms with Crippen LogP contribution in [0.1, 0.15) is 47.5 Å². The van der Waals surface area contributed by atoms with Gasteiger partial charge < -0.3 is 14.6 Å². The zero-order valence-corrected chi connectivity index (χ0v) is 14.0. The van der Waals surface area contributed by atoms with Crippen LogP contribution in [-0.2, 0) is 14.3 Å². The second-order valence-corrected chi connectivity index (χ2v) is 6.14. The van der Waals surface area contributed by atoms with Gasteiger partial charge in [-0.3, -0.25) is 4.79 Å². The van der Waals surface area contributed by atoms with Gasteiger partial charge in [0.05, 0.1) is 12.2 Å². The van der Waals surface area contributed by atoms with Gasteiger partial charge in [-0.2, -0.15) is 4.99 Å². The van der Waals surface area contributed by atoms with Gasteiger partial charge in [0.2, 0.25) is 0 Å². The van der Waals surface area contributed by atoms with Crippen molar-refractivity contribution in [2.75, 3.05) is 0 Å². The van der Waals surface area contributed by atoms with Crippen LogP contribution in [-0.4, -0.2) is 41.2 Å². The van der Waals surface area contributed by atoms with E-state index in [-0.39, 0.29) is 6.10 Å². The molecule has 0 aromatic rings. The van der Waals surface area contributed by atoms with Gasteiger partial charge >= 0.3 is 12.1 Å². The number of carboxylic acids is 1. The van der Waals surface area contributed by atoms with Crippen molar-refractivity contribution in [3.05, 3.63) is 12.7 Å². The van der Waals surface area contributed by atoms with Gasteiger partial charge in [-0.05, 0) is 47.5 Å². The van der Waals surface area contributed by atoms with Crippen molar-refractivity contribution in [1.82, 2.24) is 0 Å². The molecule has 0 aliphatic heterocycles. The monoisotopic (exact) mass is 313 g/mol. The number of rotatable bonds is 8. The van der Waals surface area contributed by atoms with E-state index in [1.807, 2.05) is 6.92 Å². The number of hydrogen-bond acceptors (Lipinski definition) is 4. The Labute approximate surface area is 132 Å². The highest BCUT2D eigenvalue weighted by Crippen LogP contribution is 2.13. The number of carboxylic acid groups (broad SMARTS) is 1. The molecule has 6 nitrogen and oxygen atoms in total. The minimum Gasteiger partial charge on any atom is -0.481 e. The molecule has 0 fully saturated rings. The van der Waals surface area contributed by atoms with Gasteiger partial charge in [-0.25, -0.2) is 4.79 Å². The Morgan fingerprint density at radius 1 is 1.32 bits per heavy atom. The Kier molecular flexibility index (Phi) is 8.63. The first-order valence-electron chi connectivity index (χ1n) is 7.33. The second-order valence-electron chi connectivity index (χ2n) is 6.14. The van der Waals surface area contributed by atoms with Crippen molar-refractivity contribution < 1.29 is 24.2 Å². The fraction of sp³-hybridized carbons (Fsp3) is 0.688. The number of aliphatic imine (C=N–C) groups is 1. The maximum Gasteiger partial charge on any atom is 0.433 e. The molecule has 1 amide bonds. The average Bonchev–Trinajstić information content (AvgIpc) is 2.33. The first-order valence-corrected chi connectivity index (χ1v) is 7.33. The molecule has 3 atom stereocenters. The van der Waals surface area contributed by atoms with Crippen LogP contribution >= 0.6 is 0 Å². The van der Waals surface area contributed by atoms with Gasteiger partial charge in [0.15, 0.2) is 0 Å². The summed E-state index contributed by atoms with van der Waals surface area (Å²) in [6.45, 7) is 12.3. The number of amides is 1. The largest absolute Gasteiger partial charge is 0.481 e. The number of nitrogens with zero attached hydrogens (tertiary/aromatic N) is 1. The molecular weight excluding hydrogens is 286 g/mol. The van der Waals surface area contributed by atoms with E-state index < -0.39 is 29.7 Å². The molecule has 0 spiro atoms. The van der Waals surface area contributed by atoms with Gasteiger partial charge in [-0.15, -0.1) is 6.58 Å². The van der Waals surface area contributed by atoms with Gasteiger partial charge in [-0.1, -0.05) is 6.08 Å². The van der Waals surface area contributed by atoms with E-state index in [9.17, 15) is 14.7 Å².